The lowest BCUT2D eigenvalue weighted by Crippen LogP contribution is -2.54. The van der Waals surface area contributed by atoms with E-state index >= 15 is 0 Å². The molecule has 4 aromatic rings. The van der Waals surface area contributed by atoms with Gasteiger partial charge in [0.15, 0.2) is 11.5 Å². The first-order valence-electron chi connectivity index (χ1n) is 16.1. The van der Waals surface area contributed by atoms with Gasteiger partial charge in [-0.3, -0.25) is 13.9 Å². The maximum absolute atomic E-state index is 14.8. The lowest BCUT2D eigenvalue weighted by Gasteiger charge is -2.34. The van der Waals surface area contributed by atoms with Crippen LogP contribution < -0.4 is 19.1 Å². The number of carbonyl (C=O) groups is 2. The molecule has 9 nitrogen and oxygen atoms in total. The molecule has 0 spiro atoms. The fourth-order valence-electron chi connectivity index (χ4n) is 5.53. The Balaban J connectivity index is 1.87. The average molecular weight is 706 g/mol. The minimum atomic E-state index is -4.36. The molecule has 0 aliphatic carbocycles. The van der Waals surface area contributed by atoms with Crippen LogP contribution in [0, 0.1) is 13.8 Å². The van der Waals surface area contributed by atoms with Gasteiger partial charge in [-0.2, -0.15) is 0 Å². The van der Waals surface area contributed by atoms with Gasteiger partial charge in [-0.25, -0.2) is 8.42 Å². The molecule has 2 atom stereocenters. The predicted octanol–water partition coefficient (Wildman–Crippen LogP) is 6.72. The molecular formula is C38H44ClN3O6S. The van der Waals surface area contributed by atoms with Crippen LogP contribution in [-0.4, -0.2) is 58.0 Å². The molecular weight excluding hydrogens is 662 g/mol. The summed E-state index contributed by atoms with van der Waals surface area (Å²) in [5, 5.41) is 3.46. The van der Waals surface area contributed by atoms with Crippen molar-refractivity contribution < 1.29 is 27.5 Å². The fourth-order valence-corrected chi connectivity index (χ4v) is 7.14. The highest BCUT2D eigenvalue weighted by Gasteiger charge is 2.35. The second kappa shape index (κ2) is 16.7. The largest absolute Gasteiger partial charge is 0.493 e. The van der Waals surface area contributed by atoms with Crippen LogP contribution in [0.5, 0.6) is 11.5 Å². The van der Waals surface area contributed by atoms with Crippen molar-refractivity contribution in [2.45, 2.75) is 64.1 Å². The third-order valence-electron chi connectivity index (χ3n) is 8.29. The predicted molar refractivity (Wildman–Crippen MR) is 194 cm³/mol. The Kier molecular flexibility index (Phi) is 12.7. The Labute approximate surface area is 294 Å². The van der Waals surface area contributed by atoms with Gasteiger partial charge in [0.25, 0.3) is 10.0 Å². The molecule has 0 radical (unpaired) electrons. The van der Waals surface area contributed by atoms with Crippen LogP contribution in [0.25, 0.3) is 0 Å². The summed E-state index contributed by atoms with van der Waals surface area (Å²) < 4.78 is 40.9. The van der Waals surface area contributed by atoms with Crippen LogP contribution in [0.1, 0.15) is 42.5 Å². The van der Waals surface area contributed by atoms with E-state index in [4.69, 9.17) is 21.1 Å². The summed E-state index contributed by atoms with van der Waals surface area (Å²) in [4.78, 5) is 30.1. The van der Waals surface area contributed by atoms with Crippen molar-refractivity contribution in [2.75, 3.05) is 25.1 Å². The van der Waals surface area contributed by atoms with Crippen molar-refractivity contribution in [1.29, 1.82) is 0 Å². The highest BCUT2D eigenvalue weighted by Crippen LogP contribution is 2.33. The monoisotopic (exact) mass is 705 g/mol. The molecule has 11 heteroatoms. The maximum atomic E-state index is 14.8. The van der Waals surface area contributed by atoms with E-state index in [0.29, 0.717) is 28.4 Å². The average Bonchev–Trinajstić information content (AvgIpc) is 3.08. The number of nitrogens with zero attached hydrogens (tertiary/aromatic N) is 2. The molecule has 0 saturated heterocycles. The number of carbonyl (C=O) groups excluding carboxylic acids is 2. The zero-order chi connectivity index (χ0) is 35.7. The van der Waals surface area contributed by atoms with Crippen molar-refractivity contribution in [2.24, 2.45) is 0 Å². The van der Waals surface area contributed by atoms with Gasteiger partial charge in [0.2, 0.25) is 11.8 Å². The third-order valence-corrected chi connectivity index (χ3v) is 10.4. The van der Waals surface area contributed by atoms with E-state index in [9.17, 15) is 18.0 Å². The number of nitrogens with one attached hydrogen (secondary N) is 1. The van der Waals surface area contributed by atoms with Crippen molar-refractivity contribution >= 4 is 39.1 Å². The molecule has 0 bridgehead atoms. The number of rotatable bonds is 15. The van der Waals surface area contributed by atoms with Gasteiger partial charge in [-0.15, -0.1) is 0 Å². The molecule has 260 valence electrons. The first-order valence-corrected chi connectivity index (χ1v) is 17.9. The Morgan fingerprint density at radius 3 is 2.10 bits per heavy atom. The normalized spacial score (nSPS) is 12.5. The number of halogens is 1. The zero-order valence-electron chi connectivity index (χ0n) is 28.8. The number of methoxy groups -OCH3 is 2. The fraction of sp³-hybridized carbons (Fsp3) is 0.316. The second-order valence-corrected chi connectivity index (χ2v) is 14.3. The molecule has 0 fully saturated rings. The zero-order valence-corrected chi connectivity index (χ0v) is 30.3. The van der Waals surface area contributed by atoms with Crippen molar-refractivity contribution in [3.05, 3.63) is 118 Å². The van der Waals surface area contributed by atoms with Gasteiger partial charge in [-0.1, -0.05) is 73.1 Å². The quantitative estimate of drug-likeness (QED) is 0.147. The highest BCUT2D eigenvalue weighted by molar-refractivity contribution is 7.92. The SMILES string of the molecule is CC[C@H](C)NC(=O)[C@H](Cc1ccccc1)N(Cc1ccccc1Cl)C(=O)CN(c1cc(C)cc(C)c1)S(=O)(=O)c1ccc(OC)c(OC)c1. The van der Waals surface area contributed by atoms with Crippen molar-refractivity contribution in [1.82, 2.24) is 10.2 Å². The van der Waals surface area contributed by atoms with Gasteiger partial charge in [-0.05, 0) is 79.8 Å². The summed E-state index contributed by atoms with van der Waals surface area (Å²) in [6, 6.07) is 25.0. The molecule has 2 amide bonds. The summed E-state index contributed by atoms with van der Waals surface area (Å²) in [6.45, 7) is 6.96. The molecule has 0 unspecified atom stereocenters. The molecule has 0 saturated carbocycles. The smallest absolute Gasteiger partial charge is 0.264 e. The second-order valence-electron chi connectivity index (χ2n) is 12.0. The summed E-state index contributed by atoms with van der Waals surface area (Å²) >= 11 is 6.60. The lowest BCUT2D eigenvalue weighted by atomic mass is 10.0. The standard InChI is InChI=1S/C38H44ClN3O6S/c1-7-28(4)40-38(44)34(22-29-13-9-8-10-14-29)41(24-30-15-11-12-16-33(30)39)37(43)25-42(31-20-26(2)19-27(3)21-31)49(45,46)32-17-18-35(47-5)36(23-32)48-6/h8-21,23,28,34H,7,22,24-25H2,1-6H3,(H,40,44)/t28-,34-/m0/s1. The Hall–Kier alpha value is -4.54. The van der Waals surface area contributed by atoms with Crippen LogP contribution in [-0.2, 0) is 32.6 Å². The summed E-state index contributed by atoms with van der Waals surface area (Å²) in [5.41, 5.74) is 3.40. The topological polar surface area (TPSA) is 105 Å². The number of sulfonamides is 1. The Morgan fingerprint density at radius 1 is 0.857 bits per heavy atom. The van der Waals surface area contributed by atoms with E-state index in [-0.39, 0.29) is 35.6 Å². The van der Waals surface area contributed by atoms with Crippen LogP contribution in [0.15, 0.2) is 95.9 Å². The Morgan fingerprint density at radius 2 is 1.49 bits per heavy atom. The van der Waals surface area contributed by atoms with Gasteiger partial charge >= 0.3 is 0 Å². The van der Waals surface area contributed by atoms with Crippen LogP contribution >= 0.6 is 11.6 Å². The van der Waals surface area contributed by atoms with Gasteiger partial charge in [0, 0.05) is 30.1 Å². The van der Waals surface area contributed by atoms with E-state index in [2.05, 4.69) is 5.32 Å². The first kappa shape index (κ1) is 37.3. The summed E-state index contributed by atoms with van der Waals surface area (Å²) in [6.07, 6.45) is 0.887. The number of amides is 2. The van der Waals surface area contributed by atoms with E-state index in [1.165, 1.54) is 37.3 Å². The summed E-state index contributed by atoms with van der Waals surface area (Å²) in [7, 11) is -1.48. The number of aryl methyl sites for hydroxylation is 2. The van der Waals surface area contributed by atoms with Gasteiger partial charge in [0.05, 0.1) is 24.8 Å². The minimum Gasteiger partial charge on any atom is -0.493 e. The number of hydrogen-bond acceptors (Lipinski definition) is 6. The van der Waals surface area contributed by atoms with Crippen LogP contribution in [0.4, 0.5) is 5.69 Å². The van der Waals surface area contributed by atoms with E-state index < -0.39 is 28.5 Å². The van der Waals surface area contributed by atoms with Crippen LogP contribution in [0.2, 0.25) is 5.02 Å². The van der Waals surface area contributed by atoms with Crippen molar-refractivity contribution in [3.63, 3.8) is 0 Å². The van der Waals surface area contributed by atoms with E-state index in [0.717, 1.165) is 21.0 Å². The molecule has 4 rings (SSSR count). The molecule has 0 aliphatic heterocycles. The van der Waals surface area contributed by atoms with Gasteiger partial charge in [0.1, 0.15) is 12.6 Å². The Bertz CT molecular complexity index is 1850. The number of ether oxygens (including phenoxy) is 2. The first-order chi connectivity index (χ1) is 23.4. The number of anilines is 1. The number of benzene rings is 4. The van der Waals surface area contributed by atoms with Crippen LogP contribution in [0.3, 0.4) is 0 Å². The highest BCUT2D eigenvalue weighted by atomic mass is 35.5. The molecule has 0 heterocycles. The number of hydrogen-bond donors (Lipinski definition) is 1. The third kappa shape index (κ3) is 9.33. The van der Waals surface area contributed by atoms with Crippen molar-refractivity contribution in [3.8, 4) is 11.5 Å². The lowest BCUT2D eigenvalue weighted by molar-refractivity contribution is -0.140. The molecule has 0 aromatic heterocycles. The minimum absolute atomic E-state index is 0.0268. The molecule has 4 aromatic carbocycles. The summed E-state index contributed by atoms with van der Waals surface area (Å²) in [5.74, 6) is -0.347. The molecule has 49 heavy (non-hydrogen) atoms. The van der Waals surface area contributed by atoms with E-state index in [1.807, 2.05) is 64.1 Å². The molecule has 1 N–H and O–H groups in total. The molecule has 0 aliphatic rings. The van der Waals surface area contributed by atoms with Gasteiger partial charge < -0.3 is 19.7 Å². The maximum Gasteiger partial charge on any atom is 0.264 e. The van der Waals surface area contributed by atoms with E-state index in [1.54, 1.807) is 36.4 Å².